The van der Waals surface area contributed by atoms with Gasteiger partial charge in [-0.2, -0.15) is 16.4 Å². The summed E-state index contributed by atoms with van der Waals surface area (Å²) in [5.74, 6) is 8.76. The van der Waals surface area contributed by atoms with Gasteiger partial charge in [0.05, 0.1) is 13.7 Å². The summed E-state index contributed by atoms with van der Waals surface area (Å²) in [6.45, 7) is 0.594. The van der Waals surface area contributed by atoms with Crippen molar-refractivity contribution in [2.45, 2.75) is 12.8 Å². The maximum atomic E-state index is 5.93. The molecule has 0 aliphatic heterocycles. The molecular formula is C30H28BO2-. The van der Waals surface area contributed by atoms with Gasteiger partial charge in [-0.25, -0.2) is 0 Å². The molecule has 0 spiro atoms. The molecule has 0 fully saturated rings. The topological polar surface area (TPSA) is 18.5 Å². The third kappa shape index (κ3) is 5.13. The minimum Gasteiger partial charge on any atom is -0.493 e. The number of hydrogen-bond acceptors (Lipinski definition) is 2. The first-order valence-corrected chi connectivity index (χ1v) is 11.4. The van der Waals surface area contributed by atoms with E-state index in [-0.39, 0.29) is 0 Å². The van der Waals surface area contributed by atoms with Crippen LogP contribution in [0.3, 0.4) is 0 Å². The smallest absolute Gasteiger partial charge is 0.161 e. The lowest BCUT2D eigenvalue weighted by molar-refractivity contribution is 0.291. The van der Waals surface area contributed by atoms with Crippen LogP contribution in [0.15, 0.2) is 115 Å². The molecule has 3 heteroatoms. The zero-order valence-corrected chi connectivity index (χ0v) is 19.0. The van der Waals surface area contributed by atoms with Gasteiger partial charge in [0.15, 0.2) is 11.5 Å². The van der Waals surface area contributed by atoms with Crippen LogP contribution in [0.25, 0.3) is 0 Å². The second kappa shape index (κ2) is 11.1. The van der Waals surface area contributed by atoms with Crippen LogP contribution in [0.2, 0.25) is 0 Å². The molecule has 4 aromatic rings. The molecule has 0 N–H and O–H groups in total. The fourth-order valence-electron chi connectivity index (χ4n) is 4.36. The average Bonchev–Trinajstić information content (AvgIpc) is 2.90. The van der Waals surface area contributed by atoms with E-state index >= 15 is 0 Å². The molecule has 164 valence electrons. The lowest BCUT2D eigenvalue weighted by Gasteiger charge is -2.38. The lowest BCUT2D eigenvalue weighted by atomic mass is 9.16. The summed E-state index contributed by atoms with van der Waals surface area (Å²) < 4.78 is 11.3. The van der Waals surface area contributed by atoms with Crippen LogP contribution in [0.4, 0.5) is 0 Å². The minimum absolute atomic E-state index is 0.594. The van der Waals surface area contributed by atoms with Crippen molar-refractivity contribution >= 4 is 22.5 Å². The van der Waals surface area contributed by atoms with Crippen LogP contribution >= 0.6 is 0 Å². The highest BCUT2D eigenvalue weighted by Crippen LogP contribution is 2.25. The zero-order valence-electron chi connectivity index (χ0n) is 19.0. The summed E-state index contributed by atoms with van der Waals surface area (Å²) in [7, 11) is 1.66. The Balaban J connectivity index is 1.61. The van der Waals surface area contributed by atoms with Crippen molar-refractivity contribution in [3.63, 3.8) is 0 Å². The molecule has 0 unspecified atom stereocenters. The van der Waals surface area contributed by atoms with Crippen LogP contribution in [0, 0.1) is 11.7 Å². The molecule has 0 atom stereocenters. The van der Waals surface area contributed by atoms with Crippen LogP contribution in [0.5, 0.6) is 11.5 Å². The molecule has 4 aromatic carbocycles. The van der Waals surface area contributed by atoms with Crippen molar-refractivity contribution in [2.24, 2.45) is 0 Å². The van der Waals surface area contributed by atoms with Gasteiger partial charge in [0.1, 0.15) is 6.15 Å². The SMILES string of the molecule is COc1ccccc1OCCCC#C[B-](c1ccccc1)(c1ccccc1)c1ccccc1. The molecule has 0 aromatic heterocycles. The van der Waals surface area contributed by atoms with E-state index in [2.05, 4.69) is 103 Å². The Bertz CT molecular complexity index is 1100. The lowest BCUT2D eigenvalue weighted by Crippen LogP contribution is -2.66. The molecule has 0 aliphatic carbocycles. The van der Waals surface area contributed by atoms with Crippen molar-refractivity contribution in [2.75, 3.05) is 13.7 Å². The van der Waals surface area contributed by atoms with Gasteiger partial charge in [0.25, 0.3) is 0 Å². The Labute approximate surface area is 197 Å². The van der Waals surface area contributed by atoms with Crippen molar-refractivity contribution in [1.82, 2.24) is 0 Å². The zero-order chi connectivity index (χ0) is 22.8. The van der Waals surface area contributed by atoms with Gasteiger partial charge in [-0.15, -0.1) is 5.92 Å². The first-order valence-electron chi connectivity index (χ1n) is 11.4. The maximum Gasteiger partial charge on any atom is 0.161 e. The fourth-order valence-corrected chi connectivity index (χ4v) is 4.36. The molecule has 0 amide bonds. The molecule has 0 bridgehead atoms. The van der Waals surface area contributed by atoms with Gasteiger partial charge >= 0.3 is 0 Å². The Morgan fingerprint density at radius 1 is 0.606 bits per heavy atom. The van der Waals surface area contributed by atoms with Crippen molar-refractivity contribution < 1.29 is 9.47 Å². The molecule has 0 heterocycles. The standard InChI is InChI=1S/C30H28BO2/c1-32-29-22-12-13-23-30(29)33-25-15-5-14-24-31(26-16-6-2-7-17-26,27-18-8-3-9-19-27)28-20-10-4-11-21-28/h2-4,6-13,16-23H,5,15,25H2,1H3/q-1. The summed E-state index contributed by atoms with van der Waals surface area (Å²) >= 11 is 0. The van der Waals surface area contributed by atoms with Gasteiger partial charge < -0.3 is 9.47 Å². The minimum atomic E-state index is -1.41. The Kier molecular flexibility index (Phi) is 7.51. The van der Waals surface area contributed by atoms with Crippen molar-refractivity contribution in [3.8, 4) is 23.2 Å². The van der Waals surface area contributed by atoms with Gasteiger partial charge in [-0.1, -0.05) is 103 Å². The summed E-state index contributed by atoms with van der Waals surface area (Å²) in [5.41, 5.74) is 3.69. The maximum absolute atomic E-state index is 5.93. The highest BCUT2D eigenvalue weighted by atomic mass is 16.5. The van der Waals surface area contributed by atoms with Crippen LogP contribution < -0.4 is 25.9 Å². The van der Waals surface area contributed by atoms with E-state index in [9.17, 15) is 0 Å². The Hall–Kier alpha value is -3.90. The van der Waals surface area contributed by atoms with Gasteiger partial charge in [0, 0.05) is 6.42 Å². The number of para-hydroxylation sites is 2. The first-order chi connectivity index (χ1) is 16.3. The number of rotatable bonds is 8. The predicted octanol–water partition coefficient (Wildman–Crippen LogP) is 4.57. The number of benzene rings is 4. The highest BCUT2D eigenvalue weighted by Gasteiger charge is 2.27. The van der Waals surface area contributed by atoms with Gasteiger partial charge in [0.2, 0.25) is 0 Å². The largest absolute Gasteiger partial charge is 0.493 e. The summed E-state index contributed by atoms with van der Waals surface area (Å²) in [5, 5.41) is 0. The molecular weight excluding hydrogens is 403 g/mol. The molecule has 4 rings (SSSR count). The predicted molar refractivity (Wildman–Crippen MR) is 139 cm³/mol. The summed E-state index contributed by atoms with van der Waals surface area (Å²) in [6.07, 6.45) is 0.186. The van der Waals surface area contributed by atoms with E-state index < -0.39 is 6.15 Å². The number of hydrogen-bond donors (Lipinski definition) is 0. The number of methoxy groups -OCH3 is 1. The van der Waals surface area contributed by atoms with E-state index in [0.29, 0.717) is 6.61 Å². The molecule has 0 saturated carbocycles. The number of ether oxygens (including phenoxy) is 2. The van der Waals surface area contributed by atoms with E-state index in [1.54, 1.807) is 7.11 Å². The molecule has 2 nitrogen and oxygen atoms in total. The third-order valence-electron chi connectivity index (χ3n) is 5.99. The average molecular weight is 431 g/mol. The molecule has 0 saturated heterocycles. The second-order valence-electron chi connectivity index (χ2n) is 8.02. The van der Waals surface area contributed by atoms with E-state index in [1.807, 2.05) is 24.3 Å². The highest BCUT2D eigenvalue weighted by molar-refractivity contribution is 7.16. The molecule has 33 heavy (non-hydrogen) atoms. The summed E-state index contributed by atoms with van der Waals surface area (Å²) in [6, 6.07) is 39.7. The normalized spacial score (nSPS) is 10.7. The Morgan fingerprint density at radius 2 is 1.06 bits per heavy atom. The molecule has 0 radical (unpaired) electrons. The van der Waals surface area contributed by atoms with E-state index in [4.69, 9.17) is 9.47 Å². The monoisotopic (exact) mass is 431 g/mol. The quantitative estimate of drug-likeness (QED) is 0.231. The molecule has 0 aliphatic rings. The van der Waals surface area contributed by atoms with Gasteiger partial charge in [-0.05, 0) is 18.6 Å². The van der Waals surface area contributed by atoms with E-state index in [1.165, 1.54) is 16.4 Å². The third-order valence-corrected chi connectivity index (χ3v) is 5.99. The van der Waals surface area contributed by atoms with Crippen LogP contribution in [-0.4, -0.2) is 19.9 Å². The second-order valence-corrected chi connectivity index (χ2v) is 8.02. The Morgan fingerprint density at radius 3 is 1.55 bits per heavy atom. The van der Waals surface area contributed by atoms with E-state index in [0.717, 1.165) is 24.3 Å². The first kappa shape index (κ1) is 22.3. The van der Waals surface area contributed by atoms with Crippen molar-refractivity contribution in [3.05, 3.63) is 115 Å². The summed E-state index contributed by atoms with van der Waals surface area (Å²) in [4.78, 5) is 0. The van der Waals surface area contributed by atoms with Crippen molar-refractivity contribution in [1.29, 1.82) is 0 Å². The van der Waals surface area contributed by atoms with Crippen LogP contribution in [0.1, 0.15) is 12.8 Å². The fraction of sp³-hybridized carbons (Fsp3) is 0.133. The van der Waals surface area contributed by atoms with Gasteiger partial charge in [-0.3, -0.25) is 5.82 Å². The number of unbranched alkanes of at least 4 members (excludes halogenated alkanes) is 1. The van der Waals surface area contributed by atoms with Crippen LogP contribution in [-0.2, 0) is 0 Å².